The number of guanidine groups is 1. The van der Waals surface area contributed by atoms with Gasteiger partial charge in [-0.05, 0) is 94.1 Å². The number of phenols is 1. The Hall–Kier alpha value is -3.04. The van der Waals surface area contributed by atoms with Crippen LogP contribution in [0.3, 0.4) is 0 Å². The van der Waals surface area contributed by atoms with Crippen molar-refractivity contribution in [1.29, 1.82) is 0 Å². The van der Waals surface area contributed by atoms with E-state index < -0.39 is 17.6 Å². The molecule has 0 unspecified atom stereocenters. The zero-order chi connectivity index (χ0) is 32.8. The van der Waals surface area contributed by atoms with Crippen LogP contribution < -0.4 is 21.1 Å². The lowest BCUT2D eigenvalue weighted by Gasteiger charge is -2.46. The van der Waals surface area contributed by atoms with Crippen LogP contribution >= 0.6 is 0 Å². The normalized spacial score (nSPS) is 35.2. The lowest BCUT2D eigenvalue weighted by atomic mass is 9.76. The van der Waals surface area contributed by atoms with Gasteiger partial charge in [-0.1, -0.05) is 12.0 Å². The van der Waals surface area contributed by atoms with Gasteiger partial charge in [0.15, 0.2) is 17.5 Å². The van der Waals surface area contributed by atoms with Crippen LogP contribution in [0.1, 0.15) is 63.9 Å². The quantitative estimate of drug-likeness (QED) is 0.237. The van der Waals surface area contributed by atoms with E-state index in [9.17, 15) is 15.0 Å². The molecule has 5 heterocycles. The summed E-state index contributed by atoms with van der Waals surface area (Å²) in [6, 6.07) is 5.48. The van der Waals surface area contributed by atoms with Crippen molar-refractivity contribution >= 4 is 11.9 Å². The lowest BCUT2D eigenvalue weighted by molar-refractivity contribution is -0.151. The number of aliphatic hydroxyl groups excluding tert-OH is 1. The van der Waals surface area contributed by atoms with Crippen molar-refractivity contribution in [3.63, 3.8) is 0 Å². The number of hydrogen-bond acceptors (Lipinski definition) is 11. The van der Waals surface area contributed by atoms with Crippen LogP contribution in [0.15, 0.2) is 23.2 Å². The first-order chi connectivity index (χ1) is 22.7. The number of nitrogens with two attached hydrogens (primary N) is 1. The van der Waals surface area contributed by atoms with Gasteiger partial charge in [0, 0.05) is 58.4 Å². The number of phenolic OH excluding ortho intramolecular Hbond substituents is 1. The molecule has 0 amide bonds. The molecule has 1 aromatic rings. The summed E-state index contributed by atoms with van der Waals surface area (Å²) in [6.45, 7) is 9.70. The fourth-order valence-electron chi connectivity index (χ4n) is 8.39. The second-order valence-corrected chi connectivity index (χ2v) is 14.7. The maximum atomic E-state index is 12.2. The van der Waals surface area contributed by atoms with E-state index in [4.69, 9.17) is 20.2 Å². The molecular weight excluding hydrogens is 596 g/mol. The average molecular weight is 651 g/mol. The Bertz CT molecular complexity index is 1310. The fraction of sp³-hybridized carbons (Fsp3) is 0.722. The first-order valence-electron chi connectivity index (χ1n) is 17.7. The number of esters is 1. The van der Waals surface area contributed by atoms with E-state index >= 15 is 0 Å². The van der Waals surface area contributed by atoms with Crippen LogP contribution in [0.4, 0.5) is 0 Å². The number of benzene rings is 1. The largest absolute Gasteiger partial charge is 0.504 e. The smallest absolute Gasteiger partial charge is 0.302 e. The van der Waals surface area contributed by atoms with Gasteiger partial charge < -0.3 is 41.0 Å². The molecule has 1 spiro atoms. The standard InChI is InChI=1S/C36H54N6O5/c1-25(43)46-33-18-30(44)6-10-36(11-14-41-19-27-15-28(20-41)22-42(21-27)24-40-35(37)39-23-36)9-2-3-29(33)16-26-4-5-32(45)34(17-26)47-31-7-12-38-13-8-31/h4-5,17,27-31,33,38,44-45H,3,6-8,10-16,18-24H2,1H3,(H3,37,39,40)/t27-,28-,29+,30-,33+,36+/m0/s1. The first kappa shape index (κ1) is 33.8. The van der Waals surface area contributed by atoms with Gasteiger partial charge in [0.1, 0.15) is 12.2 Å². The summed E-state index contributed by atoms with van der Waals surface area (Å²) in [6.07, 6.45) is 5.55. The molecule has 3 fully saturated rings. The number of ether oxygens (including phenoxy) is 2. The van der Waals surface area contributed by atoms with E-state index in [0.29, 0.717) is 68.9 Å². The maximum absolute atomic E-state index is 12.2. The van der Waals surface area contributed by atoms with Crippen LogP contribution in [0, 0.1) is 35.0 Å². The Morgan fingerprint density at radius 1 is 1.11 bits per heavy atom. The fourth-order valence-corrected chi connectivity index (χ4v) is 8.39. The molecule has 6 aliphatic rings. The molecule has 0 radical (unpaired) electrons. The zero-order valence-electron chi connectivity index (χ0n) is 28.0. The van der Waals surface area contributed by atoms with Gasteiger partial charge in [0.2, 0.25) is 0 Å². The van der Waals surface area contributed by atoms with Crippen molar-refractivity contribution < 1.29 is 24.5 Å². The zero-order valence-corrected chi connectivity index (χ0v) is 28.0. The van der Waals surface area contributed by atoms with Crippen molar-refractivity contribution in [2.75, 3.05) is 59.0 Å². The Morgan fingerprint density at radius 2 is 1.87 bits per heavy atom. The van der Waals surface area contributed by atoms with Crippen molar-refractivity contribution in [2.24, 2.45) is 33.9 Å². The van der Waals surface area contributed by atoms with E-state index in [-0.39, 0.29) is 23.7 Å². The number of piperidine rings is 3. The summed E-state index contributed by atoms with van der Waals surface area (Å²) in [5.41, 5.74) is 6.97. The lowest BCUT2D eigenvalue weighted by Crippen LogP contribution is -2.53. The highest BCUT2D eigenvalue weighted by Crippen LogP contribution is 2.36. The molecule has 6 atom stereocenters. The molecule has 1 aliphatic carbocycles. The highest BCUT2D eigenvalue weighted by Gasteiger charge is 2.37. The van der Waals surface area contributed by atoms with Crippen LogP contribution in [0.5, 0.6) is 11.5 Å². The molecule has 3 saturated heterocycles. The summed E-state index contributed by atoms with van der Waals surface area (Å²) in [7, 11) is 0. The SMILES string of the molecule is CC(=O)O[C@@H]1C[C@@H](O)CC[C@]2(C#CC[C@@H]1Cc1ccc(O)c(OC3CCNCC3)c1)CCN1C[C@@H]3C[C@@H](C1)CN(CN=C(N)NC2)C3. The van der Waals surface area contributed by atoms with Gasteiger partial charge in [-0.25, -0.2) is 4.99 Å². The summed E-state index contributed by atoms with van der Waals surface area (Å²) < 4.78 is 12.1. The topological polar surface area (TPSA) is 145 Å². The molecule has 0 saturated carbocycles. The van der Waals surface area contributed by atoms with Gasteiger partial charge in [-0.3, -0.25) is 9.69 Å². The molecule has 47 heavy (non-hydrogen) atoms. The van der Waals surface area contributed by atoms with Crippen molar-refractivity contribution in [3.05, 3.63) is 23.8 Å². The molecule has 258 valence electrons. The Kier molecular flexibility index (Phi) is 11.1. The van der Waals surface area contributed by atoms with Crippen LogP contribution in [0.25, 0.3) is 0 Å². The third kappa shape index (κ3) is 9.32. The molecule has 5 aliphatic heterocycles. The number of aromatic hydroxyl groups is 1. The number of hydrogen-bond donors (Lipinski definition) is 5. The van der Waals surface area contributed by atoms with Crippen LogP contribution in [-0.2, 0) is 16.0 Å². The van der Waals surface area contributed by atoms with Gasteiger partial charge in [-0.2, -0.15) is 0 Å². The van der Waals surface area contributed by atoms with Crippen molar-refractivity contribution in [1.82, 2.24) is 20.4 Å². The van der Waals surface area contributed by atoms with Gasteiger partial charge in [-0.15, -0.1) is 5.92 Å². The van der Waals surface area contributed by atoms with Crippen molar-refractivity contribution in [3.8, 4) is 23.3 Å². The number of rotatable bonds is 5. The molecule has 0 aromatic heterocycles. The predicted molar refractivity (Wildman–Crippen MR) is 181 cm³/mol. The van der Waals surface area contributed by atoms with E-state index in [0.717, 1.165) is 70.6 Å². The van der Waals surface area contributed by atoms with Gasteiger partial charge >= 0.3 is 5.97 Å². The second-order valence-electron chi connectivity index (χ2n) is 14.7. The first-order valence-corrected chi connectivity index (χ1v) is 17.7. The van der Waals surface area contributed by atoms with E-state index in [1.807, 2.05) is 12.1 Å². The predicted octanol–water partition coefficient (Wildman–Crippen LogP) is 2.06. The summed E-state index contributed by atoms with van der Waals surface area (Å²) in [4.78, 5) is 22.0. The highest BCUT2D eigenvalue weighted by molar-refractivity contribution is 5.77. The number of fused-ring (bicyclic) bond motifs is 4. The number of nitrogens with one attached hydrogen (secondary N) is 2. The van der Waals surface area contributed by atoms with Crippen LogP contribution in [-0.4, -0.2) is 109 Å². The molecular formula is C36H54N6O5. The monoisotopic (exact) mass is 650 g/mol. The van der Waals surface area contributed by atoms with E-state index in [1.165, 1.54) is 13.3 Å². The number of aliphatic hydroxyl groups is 1. The van der Waals surface area contributed by atoms with Crippen molar-refractivity contribution in [2.45, 2.75) is 83.0 Å². The molecule has 4 bridgehead atoms. The minimum atomic E-state index is -0.646. The number of carbonyl (C=O) groups is 1. The summed E-state index contributed by atoms with van der Waals surface area (Å²) >= 11 is 0. The third-order valence-corrected chi connectivity index (χ3v) is 10.8. The minimum absolute atomic E-state index is 0.0547. The summed E-state index contributed by atoms with van der Waals surface area (Å²) in [5.74, 6) is 9.09. The van der Waals surface area contributed by atoms with Crippen LogP contribution in [0.2, 0.25) is 0 Å². The molecule has 11 nitrogen and oxygen atoms in total. The van der Waals surface area contributed by atoms with Gasteiger partial charge in [0.05, 0.1) is 18.2 Å². The molecule has 7 rings (SSSR count). The molecule has 1 aromatic carbocycles. The molecule has 11 heteroatoms. The Morgan fingerprint density at radius 3 is 2.64 bits per heavy atom. The Labute approximate surface area is 279 Å². The van der Waals surface area contributed by atoms with E-state index in [2.05, 4.69) is 32.3 Å². The number of carbonyl (C=O) groups excluding carboxylic acids is 1. The average Bonchev–Trinajstić information content (AvgIpc) is 3.05. The number of nitrogens with zero attached hydrogens (tertiary/aromatic N) is 3. The highest BCUT2D eigenvalue weighted by atomic mass is 16.5. The second kappa shape index (κ2) is 15.5. The minimum Gasteiger partial charge on any atom is -0.504 e. The van der Waals surface area contributed by atoms with Gasteiger partial charge in [0.25, 0.3) is 0 Å². The number of aliphatic imine (C=N–C) groups is 1. The third-order valence-electron chi connectivity index (χ3n) is 10.8. The van der Waals surface area contributed by atoms with E-state index in [1.54, 1.807) is 6.07 Å². The summed E-state index contributed by atoms with van der Waals surface area (Å²) in [5, 5.41) is 28.7. The maximum Gasteiger partial charge on any atom is 0.302 e. The Balaban J connectivity index is 1.24. The molecule has 6 N–H and O–H groups in total.